The molecule has 0 saturated heterocycles. The van der Waals surface area contributed by atoms with Crippen LogP contribution in [0.3, 0.4) is 0 Å². The van der Waals surface area contributed by atoms with E-state index in [1.54, 1.807) is 18.2 Å². The predicted molar refractivity (Wildman–Crippen MR) is 135 cm³/mol. The van der Waals surface area contributed by atoms with Crippen LogP contribution in [0.25, 0.3) is 5.57 Å². The molecule has 0 fully saturated rings. The topological polar surface area (TPSA) is 38.3 Å². The molecule has 1 amide bonds. The molecule has 0 atom stereocenters. The number of nitrogens with one attached hydrogen (secondary N) is 1. The highest BCUT2D eigenvalue weighted by Gasteiger charge is 2.14. The standard InChI is InChI=1S/C27H23F2NO2.C2H6.H2/c1-17-6-3-9-24(17)20-7-4-8-23(14-20)32-26-11-5-10-25(18(26)2)27(31)30-16-19-12-21(28)15-22(29)13-19;1-2;/h4-15H,3,16H2,1-2H3,(H,30,31);1-2H3;1H. The van der Waals surface area contributed by atoms with Crippen LogP contribution in [-0.2, 0) is 6.54 Å². The lowest BCUT2D eigenvalue weighted by molar-refractivity contribution is 0.0950. The minimum atomic E-state index is -0.679. The van der Waals surface area contributed by atoms with E-state index in [4.69, 9.17) is 4.74 Å². The number of ether oxygens (including phenoxy) is 1. The molecular formula is C29H31F2NO2. The summed E-state index contributed by atoms with van der Waals surface area (Å²) in [5, 5.41) is 2.71. The Balaban J connectivity index is 0.00000140. The lowest BCUT2D eigenvalue weighted by atomic mass is 10.0. The molecule has 0 spiro atoms. The second-order valence-corrected chi connectivity index (χ2v) is 7.76. The van der Waals surface area contributed by atoms with E-state index in [1.807, 2.05) is 45.0 Å². The molecule has 1 N–H and O–H groups in total. The molecule has 0 saturated carbocycles. The molecule has 3 nitrogen and oxygen atoms in total. The molecule has 1 aliphatic rings. The number of benzene rings is 3. The van der Waals surface area contributed by atoms with Crippen LogP contribution in [0, 0.1) is 18.6 Å². The molecule has 4 rings (SSSR count). The summed E-state index contributed by atoms with van der Waals surface area (Å²) in [5.74, 6) is -0.453. The molecule has 0 aliphatic heterocycles. The van der Waals surface area contributed by atoms with Gasteiger partial charge in [0.15, 0.2) is 0 Å². The van der Waals surface area contributed by atoms with E-state index >= 15 is 0 Å². The van der Waals surface area contributed by atoms with Crippen LogP contribution in [-0.4, -0.2) is 5.91 Å². The molecular weight excluding hydrogens is 432 g/mol. The van der Waals surface area contributed by atoms with Crippen LogP contribution in [0.15, 0.2) is 78.4 Å². The fourth-order valence-electron chi connectivity index (χ4n) is 3.79. The van der Waals surface area contributed by atoms with Gasteiger partial charge in [0.2, 0.25) is 0 Å². The zero-order valence-electron chi connectivity index (χ0n) is 19.9. The molecule has 34 heavy (non-hydrogen) atoms. The van der Waals surface area contributed by atoms with E-state index < -0.39 is 11.6 Å². The third-order valence-corrected chi connectivity index (χ3v) is 5.45. The number of halogens is 2. The number of rotatable bonds is 6. The van der Waals surface area contributed by atoms with E-state index in [0.29, 0.717) is 28.2 Å². The minimum absolute atomic E-state index is 0. The number of hydrogen-bond donors (Lipinski definition) is 1. The van der Waals surface area contributed by atoms with Gasteiger partial charge < -0.3 is 10.1 Å². The van der Waals surface area contributed by atoms with Crippen molar-refractivity contribution in [3.05, 3.63) is 112 Å². The Morgan fingerprint density at radius 2 is 1.68 bits per heavy atom. The number of hydrogen-bond acceptors (Lipinski definition) is 2. The molecule has 0 heterocycles. The molecule has 3 aromatic carbocycles. The Kier molecular flexibility index (Phi) is 8.36. The molecule has 1 aliphatic carbocycles. The van der Waals surface area contributed by atoms with E-state index in [9.17, 15) is 13.6 Å². The minimum Gasteiger partial charge on any atom is -0.457 e. The van der Waals surface area contributed by atoms with Gasteiger partial charge in [0, 0.05) is 25.2 Å². The van der Waals surface area contributed by atoms with E-state index in [0.717, 1.165) is 18.1 Å². The second-order valence-electron chi connectivity index (χ2n) is 7.76. The fraction of sp³-hybridized carbons (Fsp3) is 0.207. The number of amides is 1. The van der Waals surface area contributed by atoms with Crippen molar-refractivity contribution in [3.8, 4) is 11.5 Å². The summed E-state index contributed by atoms with van der Waals surface area (Å²) < 4.78 is 32.8. The van der Waals surface area contributed by atoms with Crippen LogP contribution in [0.5, 0.6) is 11.5 Å². The van der Waals surface area contributed by atoms with Crippen molar-refractivity contribution in [2.24, 2.45) is 0 Å². The Morgan fingerprint density at radius 1 is 0.971 bits per heavy atom. The average molecular weight is 464 g/mol. The SMILES string of the molecule is CC.CC1=CCC=C1c1cccc(Oc2cccc(C(=O)NCc3cc(F)cc(F)c3)c2C)c1.[HH]. The van der Waals surface area contributed by atoms with Crippen LogP contribution < -0.4 is 10.1 Å². The van der Waals surface area contributed by atoms with Crippen molar-refractivity contribution in [3.63, 3.8) is 0 Å². The number of carbonyl (C=O) groups excluding carboxylic acids is 1. The molecule has 0 radical (unpaired) electrons. The average Bonchev–Trinajstić information content (AvgIpc) is 3.26. The summed E-state index contributed by atoms with van der Waals surface area (Å²) in [6.45, 7) is 7.92. The summed E-state index contributed by atoms with van der Waals surface area (Å²) in [6, 6.07) is 16.3. The Morgan fingerprint density at radius 3 is 2.35 bits per heavy atom. The summed E-state index contributed by atoms with van der Waals surface area (Å²) in [4.78, 5) is 12.7. The molecule has 178 valence electrons. The van der Waals surface area contributed by atoms with Gasteiger partial charge in [0.05, 0.1) is 0 Å². The first-order valence-corrected chi connectivity index (χ1v) is 11.4. The van der Waals surface area contributed by atoms with E-state index in [-0.39, 0.29) is 13.9 Å². The highest BCUT2D eigenvalue weighted by atomic mass is 19.1. The predicted octanol–water partition coefficient (Wildman–Crippen LogP) is 8.00. The van der Waals surface area contributed by atoms with E-state index in [1.165, 1.54) is 23.3 Å². The van der Waals surface area contributed by atoms with Gasteiger partial charge in [-0.15, -0.1) is 0 Å². The van der Waals surface area contributed by atoms with E-state index in [2.05, 4.69) is 24.4 Å². The number of carbonyl (C=O) groups is 1. The summed E-state index contributed by atoms with van der Waals surface area (Å²) >= 11 is 0. The normalized spacial score (nSPS) is 12.3. The third kappa shape index (κ3) is 5.98. The first-order chi connectivity index (χ1) is 16.4. The van der Waals surface area contributed by atoms with Crippen molar-refractivity contribution in [1.82, 2.24) is 5.32 Å². The quantitative estimate of drug-likeness (QED) is 0.402. The summed E-state index contributed by atoms with van der Waals surface area (Å²) in [7, 11) is 0. The number of allylic oxidation sites excluding steroid dienone is 4. The van der Waals surface area contributed by atoms with Crippen LogP contribution in [0.4, 0.5) is 8.78 Å². The fourth-order valence-corrected chi connectivity index (χ4v) is 3.79. The Bertz CT molecular complexity index is 1230. The van der Waals surface area contributed by atoms with Gasteiger partial charge in [0.25, 0.3) is 5.91 Å². The second kappa shape index (κ2) is 11.4. The summed E-state index contributed by atoms with van der Waals surface area (Å²) in [6.07, 6.45) is 5.31. The molecule has 0 unspecified atom stereocenters. The Labute approximate surface area is 201 Å². The van der Waals surface area contributed by atoms with Crippen molar-refractivity contribution in [2.45, 2.75) is 40.7 Å². The molecule has 3 aromatic rings. The van der Waals surface area contributed by atoms with Crippen molar-refractivity contribution in [1.29, 1.82) is 0 Å². The lowest BCUT2D eigenvalue weighted by Gasteiger charge is -2.14. The van der Waals surface area contributed by atoms with Gasteiger partial charge in [-0.05, 0) is 78.9 Å². The first kappa shape index (κ1) is 24.9. The Hall–Kier alpha value is -3.73. The van der Waals surface area contributed by atoms with Gasteiger partial charge in [-0.25, -0.2) is 8.78 Å². The molecule has 5 heteroatoms. The van der Waals surface area contributed by atoms with Crippen LogP contribution in [0.2, 0.25) is 0 Å². The zero-order chi connectivity index (χ0) is 24.7. The maximum atomic E-state index is 13.4. The first-order valence-electron chi connectivity index (χ1n) is 11.4. The highest BCUT2D eigenvalue weighted by molar-refractivity contribution is 5.96. The van der Waals surface area contributed by atoms with Gasteiger partial charge in [-0.1, -0.05) is 44.2 Å². The highest BCUT2D eigenvalue weighted by Crippen LogP contribution is 2.33. The lowest BCUT2D eigenvalue weighted by Crippen LogP contribution is -2.23. The maximum Gasteiger partial charge on any atom is 0.251 e. The monoisotopic (exact) mass is 463 g/mol. The summed E-state index contributed by atoms with van der Waals surface area (Å²) in [5.41, 5.74) is 5.00. The van der Waals surface area contributed by atoms with Crippen molar-refractivity contribution < 1.29 is 19.7 Å². The maximum absolute atomic E-state index is 13.4. The zero-order valence-corrected chi connectivity index (χ0v) is 19.9. The van der Waals surface area contributed by atoms with Gasteiger partial charge in [0.1, 0.15) is 23.1 Å². The van der Waals surface area contributed by atoms with Gasteiger partial charge in [-0.2, -0.15) is 0 Å². The van der Waals surface area contributed by atoms with Gasteiger partial charge in [-0.3, -0.25) is 4.79 Å². The van der Waals surface area contributed by atoms with Crippen molar-refractivity contribution in [2.75, 3.05) is 0 Å². The van der Waals surface area contributed by atoms with Crippen molar-refractivity contribution >= 4 is 11.5 Å². The third-order valence-electron chi connectivity index (χ3n) is 5.45. The smallest absolute Gasteiger partial charge is 0.251 e. The van der Waals surface area contributed by atoms with Crippen LogP contribution >= 0.6 is 0 Å². The van der Waals surface area contributed by atoms with Gasteiger partial charge >= 0.3 is 0 Å². The molecule has 0 bridgehead atoms. The largest absolute Gasteiger partial charge is 0.457 e. The van der Waals surface area contributed by atoms with Crippen LogP contribution in [0.1, 0.15) is 55.7 Å². The molecule has 0 aromatic heterocycles.